The SMILES string of the molecule is Bc1c(O)c(-c2ccccc2)c(C)c2c1Cc1c(O)c(C3=NC(C4C=CC(C5C=CC=CC5)=CC4)NC(c4cccc5sc6ccccc6c45)=N3)c(O)c(O)c1-2. The number of benzene rings is 5. The molecule has 4 aliphatic rings. The lowest BCUT2D eigenvalue weighted by Crippen LogP contribution is -2.43. The fraction of sp³-hybridized carbons (Fsp3) is 0.149. The average molecular weight is 752 g/mol. The summed E-state index contributed by atoms with van der Waals surface area (Å²) in [5, 5.41) is 53.5. The van der Waals surface area contributed by atoms with Gasteiger partial charge in [-0.05, 0) is 65.2 Å². The van der Waals surface area contributed by atoms with E-state index in [1.807, 2.05) is 69.4 Å². The summed E-state index contributed by atoms with van der Waals surface area (Å²) in [7, 11) is 1.85. The molecular weight excluding hydrogens is 713 g/mol. The molecule has 3 aliphatic carbocycles. The highest BCUT2D eigenvalue weighted by atomic mass is 32.1. The maximum absolute atomic E-state index is 12.3. The Bertz CT molecular complexity index is 2850. The first-order chi connectivity index (χ1) is 27.3. The standard InChI is InChI=1S/C47H38BN3O4S/c1-24-35(27-13-6-3-7-14-27)42(53)40(48)31-23-32-38(36(24)31)43(54)44(55)39(41(32)52)47-50-45(28-21-19-26(20-22-28)25-11-4-2-5-12-25)49-46(51-47)30-16-10-18-34-37(30)29-15-8-9-17-33(29)56-34/h2-11,13-21,25,28,45,52-55H,12,22-23,48H2,1H3,(H,49,50,51). The van der Waals surface area contributed by atoms with Gasteiger partial charge in [-0.15, -0.1) is 11.3 Å². The largest absolute Gasteiger partial charge is 0.508 e. The second kappa shape index (κ2) is 13.2. The number of fused-ring (bicyclic) bond motifs is 6. The van der Waals surface area contributed by atoms with Crippen molar-refractivity contribution in [1.82, 2.24) is 5.32 Å². The Morgan fingerprint density at radius 1 is 0.750 bits per heavy atom. The van der Waals surface area contributed by atoms with Crippen LogP contribution in [0.4, 0.5) is 0 Å². The lowest BCUT2D eigenvalue weighted by Gasteiger charge is -2.30. The van der Waals surface area contributed by atoms with Crippen LogP contribution in [0.1, 0.15) is 40.7 Å². The Morgan fingerprint density at radius 2 is 1.54 bits per heavy atom. The van der Waals surface area contributed by atoms with E-state index in [0.717, 1.165) is 50.6 Å². The van der Waals surface area contributed by atoms with Gasteiger partial charge < -0.3 is 25.7 Å². The van der Waals surface area contributed by atoms with E-state index < -0.39 is 11.9 Å². The van der Waals surface area contributed by atoms with Crippen LogP contribution >= 0.6 is 11.3 Å². The number of rotatable bonds is 5. The Balaban J connectivity index is 1.13. The van der Waals surface area contributed by atoms with E-state index in [9.17, 15) is 20.4 Å². The molecule has 0 saturated heterocycles. The van der Waals surface area contributed by atoms with Gasteiger partial charge in [0.2, 0.25) is 0 Å². The quantitative estimate of drug-likeness (QED) is 0.0688. The number of allylic oxidation sites excluding steroid dienone is 7. The van der Waals surface area contributed by atoms with Crippen LogP contribution in [0, 0.1) is 18.8 Å². The number of hydrogen-bond donors (Lipinski definition) is 5. The van der Waals surface area contributed by atoms with Crippen molar-refractivity contribution in [1.29, 1.82) is 0 Å². The van der Waals surface area contributed by atoms with Gasteiger partial charge in [-0.25, -0.2) is 9.98 Å². The number of hydrogen-bond acceptors (Lipinski definition) is 8. The fourth-order valence-electron chi connectivity index (χ4n) is 9.05. The van der Waals surface area contributed by atoms with Crippen LogP contribution in [0.25, 0.3) is 42.4 Å². The molecule has 0 spiro atoms. The highest BCUT2D eigenvalue weighted by Crippen LogP contribution is 2.55. The van der Waals surface area contributed by atoms with Crippen molar-refractivity contribution in [2.75, 3.05) is 0 Å². The number of aromatic hydroxyl groups is 4. The molecule has 1 aliphatic heterocycles. The van der Waals surface area contributed by atoms with Gasteiger partial charge in [-0.3, -0.25) is 0 Å². The van der Waals surface area contributed by atoms with E-state index in [1.54, 1.807) is 11.3 Å². The van der Waals surface area contributed by atoms with Crippen LogP contribution in [0.5, 0.6) is 23.0 Å². The molecule has 0 saturated carbocycles. The normalized spacial score (nSPS) is 19.7. The topological polar surface area (TPSA) is 118 Å². The summed E-state index contributed by atoms with van der Waals surface area (Å²) in [6, 6.07) is 24.1. The van der Waals surface area contributed by atoms with Crippen molar-refractivity contribution in [2.45, 2.75) is 32.4 Å². The van der Waals surface area contributed by atoms with Crippen LogP contribution in [0.2, 0.25) is 0 Å². The molecule has 0 bridgehead atoms. The summed E-state index contributed by atoms with van der Waals surface area (Å²) >= 11 is 1.72. The van der Waals surface area contributed by atoms with Crippen molar-refractivity contribution in [3.63, 3.8) is 0 Å². The van der Waals surface area contributed by atoms with Crippen molar-refractivity contribution >= 4 is 56.5 Å². The Hall–Kier alpha value is -6.32. The smallest absolute Gasteiger partial charge is 0.173 e. The van der Waals surface area contributed by atoms with Gasteiger partial charge >= 0.3 is 0 Å². The number of amidine groups is 2. The van der Waals surface area contributed by atoms with E-state index in [0.29, 0.717) is 39.5 Å². The molecule has 6 aromatic rings. The average Bonchev–Trinajstić information content (AvgIpc) is 3.83. The van der Waals surface area contributed by atoms with Gasteiger partial charge in [0.25, 0.3) is 0 Å². The van der Waals surface area contributed by atoms with Crippen molar-refractivity contribution in [2.24, 2.45) is 21.8 Å². The molecule has 2 heterocycles. The predicted octanol–water partition coefficient (Wildman–Crippen LogP) is 8.44. The summed E-state index contributed by atoms with van der Waals surface area (Å²) in [5.74, 6) is 0.126. The number of phenolic OH excluding ortho intramolecular Hbond substituents is 4. The third-order valence-electron chi connectivity index (χ3n) is 11.9. The number of aliphatic imine (C=N–C) groups is 2. The van der Waals surface area contributed by atoms with Crippen LogP contribution in [0.15, 0.2) is 131 Å². The predicted molar refractivity (Wildman–Crippen MR) is 231 cm³/mol. The van der Waals surface area contributed by atoms with E-state index in [-0.39, 0.29) is 41.0 Å². The highest BCUT2D eigenvalue weighted by molar-refractivity contribution is 7.25. The van der Waals surface area contributed by atoms with E-state index in [2.05, 4.69) is 66.0 Å². The van der Waals surface area contributed by atoms with Crippen molar-refractivity contribution < 1.29 is 20.4 Å². The molecule has 9 heteroatoms. The molecular formula is C47H38BN3O4S. The van der Waals surface area contributed by atoms with Crippen LogP contribution in [-0.4, -0.2) is 46.1 Å². The highest BCUT2D eigenvalue weighted by Gasteiger charge is 2.37. The van der Waals surface area contributed by atoms with Crippen LogP contribution in [0.3, 0.4) is 0 Å². The third-order valence-corrected chi connectivity index (χ3v) is 13.0. The summed E-state index contributed by atoms with van der Waals surface area (Å²) in [6.45, 7) is 1.91. The Kier molecular flexibility index (Phi) is 8.04. The molecule has 5 aromatic carbocycles. The first-order valence-electron chi connectivity index (χ1n) is 19.0. The maximum Gasteiger partial charge on any atom is 0.173 e. The minimum absolute atomic E-state index is 0.0154. The lowest BCUT2D eigenvalue weighted by molar-refractivity contribution is 0.395. The molecule has 0 radical (unpaired) electrons. The van der Waals surface area contributed by atoms with E-state index in [4.69, 9.17) is 9.98 Å². The molecule has 10 rings (SSSR count). The zero-order valence-electron chi connectivity index (χ0n) is 30.9. The van der Waals surface area contributed by atoms with Gasteiger partial charge in [0.05, 0.1) is 0 Å². The lowest BCUT2D eigenvalue weighted by atomic mass is 9.80. The molecule has 0 fully saturated rings. The van der Waals surface area contributed by atoms with Gasteiger partial charge in [0, 0.05) is 60.7 Å². The fourth-order valence-corrected chi connectivity index (χ4v) is 10.2. The zero-order valence-corrected chi connectivity index (χ0v) is 31.7. The zero-order chi connectivity index (χ0) is 38.2. The number of nitrogens with zero attached hydrogens (tertiary/aromatic N) is 2. The minimum Gasteiger partial charge on any atom is -0.508 e. The van der Waals surface area contributed by atoms with Crippen molar-refractivity contribution in [3.8, 4) is 45.3 Å². The second-order valence-corrected chi connectivity index (χ2v) is 16.1. The third kappa shape index (κ3) is 5.25. The number of phenols is 4. The maximum atomic E-state index is 12.3. The molecule has 7 nitrogen and oxygen atoms in total. The molecule has 0 amide bonds. The summed E-state index contributed by atoms with van der Waals surface area (Å²) in [4.78, 5) is 10.2. The summed E-state index contributed by atoms with van der Waals surface area (Å²) < 4.78 is 2.29. The first kappa shape index (κ1) is 34.2. The summed E-state index contributed by atoms with van der Waals surface area (Å²) in [6.07, 6.45) is 16.7. The Labute approximate surface area is 329 Å². The first-order valence-corrected chi connectivity index (χ1v) is 19.9. The molecule has 3 unspecified atom stereocenters. The monoisotopic (exact) mass is 751 g/mol. The molecule has 3 atom stereocenters. The van der Waals surface area contributed by atoms with Crippen LogP contribution in [-0.2, 0) is 6.42 Å². The molecule has 5 N–H and O–H groups in total. The summed E-state index contributed by atoms with van der Waals surface area (Å²) in [5.41, 5.74) is 7.36. The van der Waals surface area contributed by atoms with Gasteiger partial charge in [-0.2, -0.15) is 0 Å². The van der Waals surface area contributed by atoms with Gasteiger partial charge in [0.1, 0.15) is 36.9 Å². The van der Waals surface area contributed by atoms with E-state index in [1.165, 1.54) is 10.3 Å². The minimum atomic E-state index is -0.491. The second-order valence-electron chi connectivity index (χ2n) is 15.0. The van der Waals surface area contributed by atoms with Gasteiger partial charge in [0.15, 0.2) is 17.3 Å². The van der Waals surface area contributed by atoms with E-state index >= 15 is 0 Å². The Morgan fingerprint density at radius 3 is 2.32 bits per heavy atom. The molecule has 1 aromatic heterocycles. The number of thiophene rings is 1. The molecule has 274 valence electrons. The number of nitrogens with one attached hydrogen (secondary N) is 1. The van der Waals surface area contributed by atoms with Crippen molar-refractivity contribution in [3.05, 3.63) is 149 Å². The molecule has 56 heavy (non-hydrogen) atoms. The van der Waals surface area contributed by atoms with Crippen LogP contribution < -0.4 is 10.8 Å². The van der Waals surface area contributed by atoms with Gasteiger partial charge in [-0.1, -0.05) is 103 Å².